The predicted molar refractivity (Wildman–Crippen MR) is 122 cm³/mol. The quantitative estimate of drug-likeness (QED) is 0.479. The smallest absolute Gasteiger partial charge is 0.263 e. The van der Waals surface area contributed by atoms with Gasteiger partial charge < -0.3 is 9.80 Å². The number of carbonyl (C=O) groups is 1. The van der Waals surface area contributed by atoms with Crippen molar-refractivity contribution < 1.29 is 9.18 Å². The minimum absolute atomic E-state index is 0.0598. The maximum absolute atomic E-state index is 13.3. The summed E-state index contributed by atoms with van der Waals surface area (Å²) in [6.07, 6.45) is 4.95. The zero-order valence-electron chi connectivity index (χ0n) is 17.1. The Kier molecular flexibility index (Phi) is 5.40. The number of thiophene rings is 1. The summed E-state index contributed by atoms with van der Waals surface area (Å²) in [7, 11) is 0. The molecule has 0 saturated carbocycles. The lowest BCUT2D eigenvalue weighted by Gasteiger charge is -2.36. The molecular formula is C23H20FN5O2S. The first kappa shape index (κ1) is 20.3. The van der Waals surface area contributed by atoms with Crippen LogP contribution in [0.1, 0.15) is 0 Å². The van der Waals surface area contributed by atoms with Crippen LogP contribution in [-0.2, 0) is 11.3 Å². The number of hydrogen-bond acceptors (Lipinski definition) is 6. The van der Waals surface area contributed by atoms with Crippen LogP contribution in [0.15, 0.2) is 65.3 Å². The summed E-state index contributed by atoms with van der Waals surface area (Å²) in [5.41, 5.74) is 2.27. The van der Waals surface area contributed by atoms with E-state index in [0.29, 0.717) is 28.9 Å². The third-order valence-electron chi connectivity index (χ3n) is 5.68. The van der Waals surface area contributed by atoms with Gasteiger partial charge >= 0.3 is 0 Å². The fourth-order valence-corrected chi connectivity index (χ4v) is 4.84. The molecule has 1 fully saturated rings. The molecule has 0 aliphatic carbocycles. The van der Waals surface area contributed by atoms with Crippen molar-refractivity contribution in [1.29, 1.82) is 0 Å². The summed E-state index contributed by atoms with van der Waals surface area (Å²) in [5.74, 6) is -0.445. The Morgan fingerprint density at radius 3 is 2.47 bits per heavy atom. The van der Waals surface area contributed by atoms with Crippen LogP contribution in [-0.4, -0.2) is 51.5 Å². The van der Waals surface area contributed by atoms with Gasteiger partial charge in [-0.25, -0.2) is 9.37 Å². The lowest BCUT2D eigenvalue weighted by atomic mass is 10.1. The van der Waals surface area contributed by atoms with Gasteiger partial charge in [-0.2, -0.15) is 0 Å². The van der Waals surface area contributed by atoms with Crippen molar-refractivity contribution in [3.05, 3.63) is 76.7 Å². The second-order valence-electron chi connectivity index (χ2n) is 7.59. The summed E-state index contributed by atoms with van der Waals surface area (Å²) in [4.78, 5) is 39.1. The van der Waals surface area contributed by atoms with Crippen LogP contribution in [0.3, 0.4) is 0 Å². The number of halogens is 1. The van der Waals surface area contributed by atoms with Crippen LogP contribution in [0.2, 0.25) is 0 Å². The van der Waals surface area contributed by atoms with Gasteiger partial charge in [0.05, 0.1) is 11.7 Å². The number of fused-ring (bicyclic) bond motifs is 1. The van der Waals surface area contributed by atoms with Crippen molar-refractivity contribution in [2.75, 3.05) is 31.1 Å². The molecule has 0 N–H and O–H groups in total. The van der Waals surface area contributed by atoms with Crippen LogP contribution in [0, 0.1) is 5.82 Å². The Labute approximate surface area is 187 Å². The van der Waals surface area contributed by atoms with Gasteiger partial charge in [0.15, 0.2) is 0 Å². The first-order valence-electron chi connectivity index (χ1n) is 10.3. The standard InChI is InChI=1S/C23H20FN5O2S/c24-17-3-1-16(2-4-17)19-14-32-22-21(19)23(31)29(15-26-22)13-20(30)28-11-9-27(10-12-28)18-5-7-25-8-6-18/h1-8,14-15H,9-13H2. The number of carbonyl (C=O) groups excluding carboxylic acids is 1. The fraction of sp³-hybridized carbons (Fsp3) is 0.217. The number of amides is 1. The van der Waals surface area contributed by atoms with Gasteiger partial charge in [-0.1, -0.05) is 12.1 Å². The molecule has 1 saturated heterocycles. The SMILES string of the molecule is O=C(Cn1cnc2scc(-c3ccc(F)cc3)c2c1=O)N1CCN(c2ccncc2)CC1. The Morgan fingerprint density at radius 2 is 1.75 bits per heavy atom. The minimum Gasteiger partial charge on any atom is -0.368 e. The summed E-state index contributed by atoms with van der Waals surface area (Å²) >= 11 is 1.36. The van der Waals surface area contributed by atoms with Crippen LogP contribution in [0.25, 0.3) is 21.3 Å². The average Bonchev–Trinajstić information content (AvgIpc) is 3.27. The van der Waals surface area contributed by atoms with E-state index in [1.165, 1.54) is 34.4 Å². The molecule has 1 amide bonds. The van der Waals surface area contributed by atoms with E-state index in [1.54, 1.807) is 29.4 Å². The maximum Gasteiger partial charge on any atom is 0.263 e. The number of benzene rings is 1. The predicted octanol–water partition coefficient (Wildman–Crippen LogP) is 3.01. The third kappa shape index (κ3) is 3.87. The number of anilines is 1. The van der Waals surface area contributed by atoms with E-state index in [2.05, 4.69) is 14.9 Å². The summed E-state index contributed by atoms with van der Waals surface area (Å²) in [6.45, 7) is 2.56. The molecule has 4 heterocycles. The molecule has 1 aromatic carbocycles. The summed E-state index contributed by atoms with van der Waals surface area (Å²) in [5, 5.41) is 2.30. The molecule has 0 spiro atoms. The minimum atomic E-state index is -0.335. The summed E-state index contributed by atoms with van der Waals surface area (Å²) in [6, 6.07) is 9.92. The van der Waals surface area contributed by atoms with Crippen molar-refractivity contribution in [3.8, 4) is 11.1 Å². The number of nitrogens with zero attached hydrogens (tertiary/aromatic N) is 5. The molecule has 32 heavy (non-hydrogen) atoms. The Hall–Kier alpha value is -3.59. The summed E-state index contributed by atoms with van der Waals surface area (Å²) < 4.78 is 14.7. The number of hydrogen-bond donors (Lipinski definition) is 0. The highest BCUT2D eigenvalue weighted by atomic mass is 32.1. The van der Waals surface area contributed by atoms with Gasteiger partial charge in [-0.15, -0.1) is 11.3 Å². The monoisotopic (exact) mass is 449 g/mol. The van der Waals surface area contributed by atoms with Crippen LogP contribution in [0.5, 0.6) is 0 Å². The lowest BCUT2D eigenvalue weighted by Crippen LogP contribution is -2.50. The van der Waals surface area contributed by atoms with Crippen LogP contribution < -0.4 is 10.5 Å². The molecule has 3 aromatic heterocycles. The van der Waals surface area contributed by atoms with Gasteiger partial charge in [0, 0.05) is 55.2 Å². The molecule has 0 atom stereocenters. The number of pyridine rings is 1. The molecule has 0 radical (unpaired) electrons. The number of rotatable bonds is 4. The Morgan fingerprint density at radius 1 is 1.03 bits per heavy atom. The normalized spacial score (nSPS) is 14.2. The van der Waals surface area contributed by atoms with E-state index < -0.39 is 0 Å². The van der Waals surface area contributed by atoms with Crippen molar-refractivity contribution in [2.24, 2.45) is 0 Å². The van der Waals surface area contributed by atoms with Crippen molar-refractivity contribution in [2.45, 2.75) is 6.54 Å². The Balaban J connectivity index is 1.34. The van der Waals surface area contributed by atoms with Gasteiger partial charge in [-0.3, -0.25) is 19.1 Å². The molecule has 5 rings (SSSR count). The second-order valence-corrected chi connectivity index (χ2v) is 8.45. The van der Waals surface area contributed by atoms with E-state index in [-0.39, 0.29) is 23.8 Å². The third-order valence-corrected chi connectivity index (χ3v) is 6.57. The van der Waals surface area contributed by atoms with Crippen molar-refractivity contribution in [3.63, 3.8) is 0 Å². The molecule has 0 unspecified atom stereocenters. The highest BCUT2D eigenvalue weighted by Crippen LogP contribution is 2.30. The molecule has 1 aliphatic rings. The zero-order chi connectivity index (χ0) is 22.1. The zero-order valence-corrected chi connectivity index (χ0v) is 18.0. The molecule has 7 nitrogen and oxygen atoms in total. The largest absolute Gasteiger partial charge is 0.368 e. The van der Waals surface area contributed by atoms with E-state index in [0.717, 1.165) is 24.3 Å². The first-order chi connectivity index (χ1) is 15.6. The van der Waals surface area contributed by atoms with Crippen molar-refractivity contribution in [1.82, 2.24) is 19.4 Å². The highest BCUT2D eigenvalue weighted by Gasteiger charge is 2.22. The van der Waals surface area contributed by atoms with E-state index in [4.69, 9.17) is 0 Å². The highest BCUT2D eigenvalue weighted by molar-refractivity contribution is 7.17. The van der Waals surface area contributed by atoms with E-state index >= 15 is 0 Å². The molecule has 162 valence electrons. The Bertz CT molecular complexity index is 1310. The second kappa shape index (κ2) is 8.51. The van der Waals surface area contributed by atoms with E-state index in [9.17, 15) is 14.0 Å². The van der Waals surface area contributed by atoms with Gasteiger partial charge in [0.1, 0.15) is 17.2 Å². The number of piperazine rings is 1. The molecule has 1 aliphatic heterocycles. The average molecular weight is 450 g/mol. The lowest BCUT2D eigenvalue weighted by molar-refractivity contribution is -0.132. The number of aromatic nitrogens is 3. The van der Waals surface area contributed by atoms with Gasteiger partial charge in [0.25, 0.3) is 5.56 Å². The van der Waals surface area contributed by atoms with Gasteiger partial charge in [0.2, 0.25) is 5.91 Å². The van der Waals surface area contributed by atoms with Crippen LogP contribution >= 0.6 is 11.3 Å². The van der Waals surface area contributed by atoms with Crippen LogP contribution in [0.4, 0.5) is 10.1 Å². The first-order valence-corrected chi connectivity index (χ1v) is 11.1. The fourth-order valence-electron chi connectivity index (χ4n) is 3.94. The molecule has 9 heteroatoms. The molecular weight excluding hydrogens is 429 g/mol. The van der Waals surface area contributed by atoms with E-state index in [1.807, 2.05) is 17.5 Å². The molecule has 4 aromatic rings. The van der Waals surface area contributed by atoms with Gasteiger partial charge in [-0.05, 0) is 29.8 Å². The topological polar surface area (TPSA) is 71.3 Å². The molecule has 0 bridgehead atoms. The maximum atomic E-state index is 13.3. The van der Waals surface area contributed by atoms with Crippen molar-refractivity contribution >= 4 is 33.1 Å².